The number of rotatable bonds is 3. The van der Waals surface area contributed by atoms with E-state index < -0.39 is 0 Å². The summed E-state index contributed by atoms with van der Waals surface area (Å²) in [4.78, 5) is 14.0. The van der Waals surface area contributed by atoms with E-state index in [0.29, 0.717) is 18.8 Å². The summed E-state index contributed by atoms with van der Waals surface area (Å²) in [6.45, 7) is 1.27. The minimum absolute atomic E-state index is 0.00117. The fraction of sp³-hybridized carbons (Fsp3) is 0.429. The number of amides is 1. The SMILES string of the molecule is CN(C(=O)C1CCOCC1)c1cccc(C(N)=NO)c1. The third-order valence-corrected chi connectivity index (χ3v) is 3.54. The normalized spacial score (nSPS) is 16.9. The van der Waals surface area contributed by atoms with Gasteiger partial charge in [-0.1, -0.05) is 17.3 Å². The highest BCUT2D eigenvalue weighted by Crippen LogP contribution is 2.22. The van der Waals surface area contributed by atoms with Gasteiger partial charge in [-0.25, -0.2) is 0 Å². The molecule has 1 fully saturated rings. The molecule has 6 nitrogen and oxygen atoms in total. The highest BCUT2D eigenvalue weighted by atomic mass is 16.5. The van der Waals surface area contributed by atoms with Crippen LogP contribution in [0.4, 0.5) is 5.69 Å². The molecule has 1 aromatic carbocycles. The first-order valence-electron chi connectivity index (χ1n) is 6.56. The molecular weight excluding hydrogens is 258 g/mol. The summed E-state index contributed by atoms with van der Waals surface area (Å²) < 4.78 is 5.27. The molecule has 1 saturated heterocycles. The van der Waals surface area contributed by atoms with Crippen molar-refractivity contribution < 1.29 is 14.7 Å². The Labute approximate surface area is 117 Å². The molecule has 0 saturated carbocycles. The smallest absolute Gasteiger partial charge is 0.230 e. The second-order valence-electron chi connectivity index (χ2n) is 4.82. The van der Waals surface area contributed by atoms with Gasteiger partial charge < -0.3 is 20.6 Å². The molecule has 2 rings (SSSR count). The van der Waals surface area contributed by atoms with Crippen molar-refractivity contribution in [2.75, 3.05) is 25.2 Å². The number of benzene rings is 1. The van der Waals surface area contributed by atoms with E-state index in [0.717, 1.165) is 18.5 Å². The fourth-order valence-corrected chi connectivity index (χ4v) is 2.28. The van der Waals surface area contributed by atoms with Crippen LogP contribution in [-0.2, 0) is 9.53 Å². The van der Waals surface area contributed by atoms with Crippen molar-refractivity contribution in [1.82, 2.24) is 0 Å². The maximum absolute atomic E-state index is 12.4. The molecule has 1 aromatic rings. The predicted octanol–water partition coefficient (Wildman–Crippen LogP) is 1.17. The van der Waals surface area contributed by atoms with Crippen LogP contribution in [0.3, 0.4) is 0 Å². The Morgan fingerprint density at radius 2 is 2.15 bits per heavy atom. The third-order valence-electron chi connectivity index (χ3n) is 3.54. The first-order chi connectivity index (χ1) is 9.63. The number of nitrogens with two attached hydrogens (primary N) is 1. The maximum Gasteiger partial charge on any atom is 0.230 e. The quantitative estimate of drug-likeness (QED) is 0.376. The van der Waals surface area contributed by atoms with Gasteiger partial charge in [-0.05, 0) is 25.0 Å². The minimum Gasteiger partial charge on any atom is -0.409 e. The minimum atomic E-state index is 0.00117. The molecule has 6 heteroatoms. The first-order valence-corrected chi connectivity index (χ1v) is 6.56. The maximum atomic E-state index is 12.4. The molecule has 1 heterocycles. The molecule has 0 bridgehead atoms. The van der Waals surface area contributed by atoms with E-state index in [1.165, 1.54) is 0 Å². The summed E-state index contributed by atoms with van der Waals surface area (Å²) >= 11 is 0. The number of amidine groups is 1. The molecule has 0 unspecified atom stereocenters. The number of carbonyl (C=O) groups is 1. The van der Waals surface area contributed by atoms with Crippen molar-refractivity contribution in [2.24, 2.45) is 16.8 Å². The molecule has 0 aromatic heterocycles. The van der Waals surface area contributed by atoms with Crippen molar-refractivity contribution in [3.63, 3.8) is 0 Å². The van der Waals surface area contributed by atoms with E-state index >= 15 is 0 Å². The number of hydrogen-bond donors (Lipinski definition) is 2. The van der Waals surface area contributed by atoms with Crippen LogP contribution in [0.15, 0.2) is 29.4 Å². The van der Waals surface area contributed by atoms with Gasteiger partial charge in [0, 0.05) is 37.4 Å². The first kappa shape index (κ1) is 14.3. The number of anilines is 1. The van der Waals surface area contributed by atoms with Crippen molar-refractivity contribution in [3.8, 4) is 0 Å². The largest absolute Gasteiger partial charge is 0.409 e. The van der Waals surface area contributed by atoms with E-state index in [2.05, 4.69) is 5.16 Å². The van der Waals surface area contributed by atoms with Crippen LogP contribution in [0, 0.1) is 5.92 Å². The number of oxime groups is 1. The predicted molar refractivity (Wildman–Crippen MR) is 75.9 cm³/mol. The van der Waals surface area contributed by atoms with Crippen LogP contribution in [-0.4, -0.2) is 37.2 Å². The fourth-order valence-electron chi connectivity index (χ4n) is 2.28. The molecule has 1 amide bonds. The van der Waals surface area contributed by atoms with E-state index in [1.54, 1.807) is 30.1 Å². The second kappa shape index (κ2) is 6.38. The zero-order valence-electron chi connectivity index (χ0n) is 11.5. The van der Waals surface area contributed by atoms with Crippen molar-refractivity contribution in [1.29, 1.82) is 0 Å². The zero-order valence-corrected chi connectivity index (χ0v) is 11.5. The summed E-state index contributed by atoms with van der Waals surface area (Å²) in [6, 6.07) is 7.06. The Balaban J connectivity index is 2.15. The summed E-state index contributed by atoms with van der Waals surface area (Å²) in [5, 5.41) is 11.7. The van der Waals surface area contributed by atoms with Gasteiger partial charge in [0.25, 0.3) is 0 Å². The summed E-state index contributed by atoms with van der Waals surface area (Å²) in [7, 11) is 1.74. The Morgan fingerprint density at radius 1 is 1.45 bits per heavy atom. The van der Waals surface area contributed by atoms with Crippen LogP contribution in [0.1, 0.15) is 18.4 Å². The molecule has 3 N–H and O–H groups in total. The van der Waals surface area contributed by atoms with Crippen LogP contribution < -0.4 is 10.6 Å². The summed E-state index contributed by atoms with van der Waals surface area (Å²) in [5.41, 5.74) is 6.87. The van der Waals surface area contributed by atoms with Crippen LogP contribution in [0.5, 0.6) is 0 Å². The molecule has 0 spiro atoms. The van der Waals surface area contributed by atoms with Gasteiger partial charge in [0.1, 0.15) is 0 Å². The van der Waals surface area contributed by atoms with Crippen LogP contribution >= 0.6 is 0 Å². The van der Waals surface area contributed by atoms with Crippen molar-refractivity contribution in [2.45, 2.75) is 12.8 Å². The topological polar surface area (TPSA) is 88.2 Å². The lowest BCUT2D eigenvalue weighted by Gasteiger charge is -2.26. The van der Waals surface area contributed by atoms with Gasteiger partial charge in [0.2, 0.25) is 5.91 Å². The molecule has 0 radical (unpaired) electrons. The van der Waals surface area contributed by atoms with Crippen LogP contribution in [0.2, 0.25) is 0 Å². The lowest BCUT2D eigenvalue weighted by atomic mass is 9.98. The Bertz CT molecular complexity index is 510. The number of carbonyl (C=O) groups excluding carboxylic acids is 1. The number of ether oxygens (including phenoxy) is 1. The molecule has 0 atom stereocenters. The average Bonchev–Trinajstić information content (AvgIpc) is 2.53. The average molecular weight is 277 g/mol. The third kappa shape index (κ3) is 3.08. The van der Waals surface area contributed by atoms with Gasteiger partial charge in [0.05, 0.1) is 0 Å². The summed E-state index contributed by atoms with van der Waals surface area (Å²) in [6.07, 6.45) is 1.51. The lowest BCUT2D eigenvalue weighted by molar-refractivity contribution is -0.124. The second-order valence-corrected chi connectivity index (χ2v) is 4.82. The van der Waals surface area contributed by atoms with Gasteiger partial charge in [-0.3, -0.25) is 4.79 Å². The Morgan fingerprint density at radius 3 is 2.80 bits per heavy atom. The van der Waals surface area contributed by atoms with E-state index in [1.807, 2.05) is 6.07 Å². The number of nitrogens with zero attached hydrogens (tertiary/aromatic N) is 2. The molecule has 1 aliphatic rings. The standard InChI is InChI=1S/C14H19N3O3/c1-17(14(18)10-5-7-20-8-6-10)12-4-2-3-11(9-12)13(15)16-19/h2-4,9-10,19H,5-8H2,1H3,(H2,15,16). The molecule has 20 heavy (non-hydrogen) atoms. The van der Waals surface area contributed by atoms with Crippen LogP contribution in [0.25, 0.3) is 0 Å². The highest BCUT2D eigenvalue weighted by molar-refractivity contribution is 6.00. The zero-order chi connectivity index (χ0) is 14.5. The van der Waals surface area contributed by atoms with Gasteiger partial charge in [0.15, 0.2) is 5.84 Å². The molecule has 1 aliphatic heterocycles. The van der Waals surface area contributed by atoms with E-state index in [4.69, 9.17) is 15.7 Å². The highest BCUT2D eigenvalue weighted by Gasteiger charge is 2.25. The van der Waals surface area contributed by atoms with E-state index in [-0.39, 0.29) is 17.7 Å². The lowest BCUT2D eigenvalue weighted by Crippen LogP contribution is -2.36. The monoisotopic (exact) mass is 277 g/mol. The summed E-state index contributed by atoms with van der Waals surface area (Å²) in [5.74, 6) is 0.102. The molecular formula is C14H19N3O3. The molecule has 0 aliphatic carbocycles. The Hall–Kier alpha value is -2.08. The van der Waals surface area contributed by atoms with Gasteiger partial charge in [-0.15, -0.1) is 0 Å². The van der Waals surface area contributed by atoms with Gasteiger partial charge in [-0.2, -0.15) is 0 Å². The van der Waals surface area contributed by atoms with E-state index in [9.17, 15) is 4.79 Å². The molecule has 108 valence electrons. The Kier molecular flexibility index (Phi) is 4.57. The number of hydrogen-bond acceptors (Lipinski definition) is 4. The van der Waals surface area contributed by atoms with Crippen molar-refractivity contribution >= 4 is 17.4 Å². The van der Waals surface area contributed by atoms with Crippen molar-refractivity contribution in [3.05, 3.63) is 29.8 Å². The van der Waals surface area contributed by atoms with Gasteiger partial charge >= 0.3 is 0 Å².